The summed E-state index contributed by atoms with van der Waals surface area (Å²) in [7, 11) is 0. The van der Waals surface area contributed by atoms with Gasteiger partial charge in [0.1, 0.15) is 5.82 Å². The van der Waals surface area contributed by atoms with Crippen molar-refractivity contribution >= 4 is 11.6 Å². The Bertz CT molecular complexity index is 512. The second kappa shape index (κ2) is 5.12. The maximum absolute atomic E-state index is 5.89. The van der Waals surface area contributed by atoms with Gasteiger partial charge in [0.2, 0.25) is 0 Å². The number of nitrogens with zero attached hydrogens (tertiary/aromatic N) is 1. The smallest absolute Gasteiger partial charge is 0.123 e. The van der Waals surface area contributed by atoms with E-state index in [2.05, 4.69) is 15.3 Å². The third kappa shape index (κ3) is 2.42. The van der Waals surface area contributed by atoms with Gasteiger partial charge in [0.25, 0.3) is 0 Å². The van der Waals surface area contributed by atoms with E-state index >= 15 is 0 Å². The Hall–Kier alpha value is -1.32. The van der Waals surface area contributed by atoms with Gasteiger partial charge in [0.15, 0.2) is 0 Å². The summed E-state index contributed by atoms with van der Waals surface area (Å²) in [4.78, 5) is 7.89. The summed E-state index contributed by atoms with van der Waals surface area (Å²) >= 11 is 5.89. The van der Waals surface area contributed by atoms with Gasteiger partial charge in [0.05, 0.1) is 17.9 Å². The molecule has 0 saturated carbocycles. The highest BCUT2D eigenvalue weighted by Crippen LogP contribution is 2.24. The highest BCUT2D eigenvalue weighted by molar-refractivity contribution is 6.30. The molecule has 1 aliphatic rings. The Morgan fingerprint density at radius 3 is 2.72 bits per heavy atom. The molecule has 0 spiro atoms. The molecule has 2 N–H and O–H groups in total. The minimum Gasteiger partial charge on any atom is -0.341 e. The number of hydrogen-bond donors (Lipinski definition) is 2. The van der Waals surface area contributed by atoms with Crippen molar-refractivity contribution in [3.05, 3.63) is 41.3 Å². The van der Waals surface area contributed by atoms with Gasteiger partial charge in [-0.25, -0.2) is 4.98 Å². The van der Waals surface area contributed by atoms with Gasteiger partial charge >= 0.3 is 0 Å². The number of H-pyrrole nitrogens is 1. The average Bonchev–Trinajstić information content (AvgIpc) is 2.90. The second-order valence-corrected chi connectivity index (χ2v) is 5.13. The summed E-state index contributed by atoms with van der Waals surface area (Å²) < 4.78 is 0. The number of rotatable bonds is 2. The monoisotopic (exact) mass is 261 g/mol. The second-order valence-electron chi connectivity index (χ2n) is 4.69. The van der Waals surface area contributed by atoms with Gasteiger partial charge in [-0.15, -0.1) is 0 Å². The fourth-order valence-corrected chi connectivity index (χ4v) is 2.50. The quantitative estimate of drug-likeness (QED) is 0.868. The zero-order chi connectivity index (χ0) is 12.4. The van der Waals surface area contributed by atoms with Gasteiger partial charge < -0.3 is 10.3 Å². The maximum atomic E-state index is 5.89. The molecule has 0 aliphatic carbocycles. The lowest BCUT2D eigenvalue weighted by Crippen LogP contribution is -2.27. The molecule has 1 aromatic heterocycles. The number of hydrogen-bond acceptors (Lipinski definition) is 2. The van der Waals surface area contributed by atoms with Crippen LogP contribution in [0.3, 0.4) is 0 Å². The van der Waals surface area contributed by atoms with Crippen LogP contribution in [0, 0.1) is 0 Å². The van der Waals surface area contributed by atoms with Crippen LogP contribution in [-0.2, 0) is 0 Å². The van der Waals surface area contributed by atoms with Crippen LogP contribution in [0.15, 0.2) is 30.5 Å². The zero-order valence-electron chi connectivity index (χ0n) is 10.1. The molecule has 3 nitrogen and oxygen atoms in total. The van der Waals surface area contributed by atoms with E-state index in [9.17, 15) is 0 Å². The van der Waals surface area contributed by atoms with Crippen LogP contribution in [-0.4, -0.2) is 16.5 Å². The van der Waals surface area contributed by atoms with Crippen molar-refractivity contribution in [2.24, 2.45) is 0 Å². The van der Waals surface area contributed by atoms with Crippen LogP contribution in [0.1, 0.15) is 31.1 Å². The minimum absolute atomic E-state index is 0.375. The normalized spacial score (nSPS) is 19.9. The SMILES string of the molecule is Clc1ccc(-c2cnc(C3CCCCN3)[nH]2)cc1. The van der Waals surface area contributed by atoms with E-state index in [0.29, 0.717) is 6.04 Å². The van der Waals surface area contributed by atoms with E-state index in [1.165, 1.54) is 12.8 Å². The zero-order valence-corrected chi connectivity index (χ0v) is 10.9. The lowest BCUT2D eigenvalue weighted by molar-refractivity contribution is 0.399. The Balaban J connectivity index is 1.82. The summed E-state index contributed by atoms with van der Waals surface area (Å²) in [5.74, 6) is 1.04. The molecule has 1 atom stereocenters. The van der Waals surface area contributed by atoms with Crippen LogP contribution < -0.4 is 5.32 Å². The Labute approximate surface area is 112 Å². The highest BCUT2D eigenvalue weighted by Gasteiger charge is 2.17. The van der Waals surface area contributed by atoms with Gasteiger partial charge in [-0.2, -0.15) is 0 Å². The molecule has 0 radical (unpaired) electrons. The van der Waals surface area contributed by atoms with Crippen molar-refractivity contribution in [3.8, 4) is 11.3 Å². The summed E-state index contributed by atoms with van der Waals surface area (Å²) in [6.45, 7) is 1.08. The first-order valence-electron chi connectivity index (χ1n) is 6.37. The van der Waals surface area contributed by atoms with Crippen molar-refractivity contribution in [1.29, 1.82) is 0 Å². The largest absolute Gasteiger partial charge is 0.341 e. The number of nitrogens with one attached hydrogen (secondary N) is 2. The minimum atomic E-state index is 0.375. The van der Waals surface area contributed by atoms with Gasteiger partial charge in [-0.05, 0) is 37.1 Å². The highest BCUT2D eigenvalue weighted by atomic mass is 35.5. The van der Waals surface area contributed by atoms with E-state index in [0.717, 1.165) is 35.1 Å². The summed E-state index contributed by atoms with van der Waals surface area (Å²) in [5, 5.41) is 4.25. The number of halogens is 1. The molecule has 4 heteroatoms. The molecular weight excluding hydrogens is 246 g/mol. The summed E-state index contributed by atoms with van der Waals surface area (Å²) in [6, 6.07) is 8.19. The van der Waals surface area contributed by atoms with Crippen LogP contribution in [0.4, 0.5) is 0 Å². The third-order valence-electron chi connectivity index (χ3n) is 3.39. The Morgan fingerprint density at radius 2 is 2.00 bits per heavy atom. The van der Waals surface area contributed by atoms with Crippen LogP contribution in [0.2, 0.25) is 5.02 Å². The van der Waals surface area contributed by atoms with E-state index < -0.39 is 0 Å². The lowest BCUT2D eigenvalue weighted by atomic mass is 10.0. The van der Waals surface area contributed by atoms with E-state index in [1.807, 2.05) is 30.5 Å². The van der Waals surface area contributed by atoms with Crippen molar-refractivity contribution in [2.75, 3.05) is 6.54 Å². The van der Waals surface area contributed by atoms with Crippen molar-refractivity contribution in [1.82, 2.24) is 15.3 Å². The number of imidazole rings is 1. The molecule has 2 heterocycles. The average molecular weight is 262 g/mol. The number of benzene rings is 1. The van der Waals surface area contributed by atoms with Crippen molar-refractivity contribution < 1.29 is 0 Å². The number of piperidine rings is 1. The van der Waals surface area contributed by atoms with Crippen LogP contribution >= 0.6 is 11.6 Å². The molecule has 0 bridgehead atoms. The molecule has 0 amide bonds. The molecular formula is C14H16ClN3. The maximum Gasteiger partial charge on any atom is 0.123 e. The van der Waals surface area contributed by atoms with Gasteiger partial charge in [0, 0.05) is 5.02 Å². The van der Waals surface area contributed by atoms with Crippen molar-refractivity contribution in [3.63, 3.8) is 0 Å². The summed E-state index contributed by atoms with van der Waals surface area (Å²) in [5.41, 5.74) is 2.17. The molecule has 1 unspecified atom stereocenters. The van der Waals surface area contributed by atoms with Crippen molar-refractivity contribution in [2.45, 2.75) is 25.3 Å². The fraction of sp³-hybridized carbons (Fsp3) is 0.357. The lowest BCUT2D eigenvalue weighted by Gasteiger charge is -2.21. The fourth-order valence-electron chi connectivity index (χ4n) is 2.38. The molecule has 2 aromatic rings. The van der Waals surface area contributed by atoms with E-state index in [1.54, 1.807) is 0 Å². The standard InChI is InChI=1S/C14H16ClN3/c15-11-6-4-10(5-7-11)13-9-17-14(18-13)12-3-1-2-8-16-12/h4-7,9,12,16H,1-3,8H2,(H,17,18). The number of aromatic amines is 1. The molecule has 18 heavy (non-hydrogen) atoms. The first-order valence-corrected chi connectivity index (χ1v) is 6.75. The van der Waals surface area contributed by atoms with Crippen LogP contribution in [0.5, 0.6) is 0 Å². The van der Waals surface area contributed by atoms with E-state index in [-0.39, 0.29) is 0 Å². The Kier molecular flexibility index (Phi) is 3.35. The topological polar surface area (TPSA) is 40.7 Å². The molecule has 94 valence electrons. The number of aromatic nitrogens is 2. The molecule has 1 fully saturated rings. The first kappa shape index (κ1) is 11.8. The molecule has 1 aromatic carbocycles. The molecule has 1 aliphatic heterocycles. The van der Waals surface area contributed by atoms with E-state index in [4.69, 9.17) is 11.6 Å². The molecule has 1 saturated heterocycles. The third-order valence-corrected chi connectivity index (χ3v) is 3.64. The van der Waals surface area contributed by atoms with Gasteiger partial charge in [-0.3, -0.25) is 0 Å². The van der Waals surface area contributed by atoms with Crippen LogP contribution in [0.25, 0.3) is 11.3 Å². The predicted octanol–water partition coefficient (Wildman–Crippen LogP) is 3.54. The summed E-state index contributed by atoms with van der Waals surface area (Å²) in [6.07, 6.45) is 5.60. The predicted molar refractivity (Wildman–Crippen MR) is 73.6 cm³/mol. The molecule has 3 rings (SSSR count). The van der Waals surface area contributed by atoms with Gasteiger partial charge in [-0.1, -0.05) is 30.2 Å². The first-order chi connectivity index (χ1) is 8.83. The Morgan fingerprint density at radius 1 is 1.17 bits per heavy atom.